The smallest absolute Gasteiger partial charge is 0.338 e. The van der Waals surface area contributed by atoms with E-state index >= 15 is 0 Å². The Labute approximate surface area is 237 Å². The lowest BCUT2D eigenvalue weighted by Gasteiger charge is -2.24. The van der Waals surface area contributed by atoms with E-state index in [1.54, 1.807) is 6.92 Å². The minimum absolute atomic E-state index is 0.157. The van der Waals surface area contributed by atoms with Crippen LogP contribution in [0.15, 0.2) is 48.5 Å². The van der Waals surface area contributed by atoms with Crippen LogP contribution in [-0.4, -0.2) is 60.0 Å². The molecule has 0 bridgehead atoms. The second-order valence-electron chi connectivity index (χ2n) is 10.9. The van der Waals surface area contributed by atoms with Crippen molar-refractivity contribution < 1.29 is 48.0 Å². The highest BCUT2D eigenvalue weighted by molar-refractivity contribution is 5.90. The number of carbonyl (C=O) groups excluding carboxylic acids is 4. The summed E-state index contributed by atoms with van der Waals surface area (Å²) < 4.78 is 27.0. The van der Waals surface area contributed by atoms with E-state index in [9.17, 15) is 24.3 Å². The fourth-order valence-corrected chi connectivity index (χ4v) is 5.27. The molecule has 3 fully saturated rings. The van der Waals surface area contributed by atoms with Gasteiger partial charge in [0, 0.05) is 0 Å². The van der Waals surface area contributed by atoms with Gasteiger partial charge in [0.25, 0.3) is 0 Å². The number of aliphatic hydroxyl groups excluding tert-OH is 1. The standard InChI is InChI=1S/C31H34O10/c1-18(38-29(34)20-7-12-25(13-8-20)39-30(35)21-3-2-4-23(32)15-21)17-37-28(33)19-5-10-24(11-6-19)40-31(36)22-9-14-26-27(16-22)41-26/h5-8,10-13,18,21-23,26-27,32H,2-4,9,14-17H2,1H3. The van der Waals surface area contributed by atoms with Crippen molar-refractivity contribution in [2.75, 3.05) is 6.61 Å². The predicted octanol–water partition coefficient (Wildman–Crippen LogP) is 4.02. The number of aliphatic hydroxyl groups is 1. The minimum Gasteiger partial charge on any atom is -0.458 e. The number of benzene rings is 2. The van der Waals surface area contributed by atoms with Crippen molar-refractivity contribution in [3.05, 3.63) is 59.7 Å². The summed E-state index contributed by atoms with van der Waals surface area (Å²) in [5.74, 6) is -1.77. The highest BCUT2D eigenvalue weighted by atomic mass is 16.6. The quantitative estimate of drug-likeness (QED) is 0.269. The van der Waals surface area contributed by atoms with Gasteiger partial charge in [0.05, 0.1) is 41.3 Å². The molecule has 10 nitrogen and oxygen atoms in total. The minimum atomic E-state index is -0.715. The van der Waals surface area contributed by atoms with Crippen LogP contribution < -0.4 is 9.47 Å². The van der Waals surface area contributed by atoms with E-state index in [-0.39, 0.29) is 41.6 Å². The number of rotatable bonds is 9. The van der Waals surface area contributed by atoms with Crippen LogP contribution in [0.2, 0.25) is 0 Å². The van der Waals surface area contributed by atoms with Gasteiger partial charge in [-0.15, -0.1) is 0 Å². The van der Waals surface area contributed by atoms with Gasteiger partial charge in [0.15, 0.2) is 0 Å². The molecule has 5 rings (SSSR count). The van der Waals surface area contributed by atoms with Crippen LogP contribution >= 0.6 is 0 Å². The van der Waals surface area contributed by atoms with Gasteiger partial charge in [-0.1, -0.05) is 6.42 Å². The maximum absolute atomic E-state index is 12.5. The maximum atomic E-state index is 12.5. The fraction of sp³-hybridized carbons (Fsp3) is 0.484. The Morgan fingerprint density at radius 2 is 1.37 bits per heavy atom. The summed E-state index contributed by atoms with van der Waals surface area (Å²) in [4.78, 5) is 49.7. The third-order valence-corrected chi connectivity index (χ3v) is 7.69. The monoisotopic (exact) mass is 566 g/mol. The number of carbonyl (C=O) groups is 4. The molecular formula is C31H34O10. The third kappa shape index (κ3) is 7.71. The third-order valence-electron chi connectivity index (χ3n) is 7.69. The maximum Gasteiger partial charge on any atom is 0.338 e. The molecule has 3 aliphatic rings. The molecule has 0 aromatic heterocycles. The molecule has 2 aliphatic carbocycles. The summed E-state index contributed by atoms with van der Waals surface area (Å²) in [6.45, 7) is 1.44. The van der Waals surface area contributed by atoms with Crippen LogP contribution in [0.3, 0.4) is 0 Å². The molecule has 2 aromatic rings. The van der Waals surface area contributed by atoms with E-state index in [0.29, 0.717) is 43.3 Å². The fourth-order valence-electron chi connectivity index (χ4n) is 5.27. The van der Waals surface area contributed by atoms with E-state index in [2.05, 4.69) is 0 Å². The Bertz CT molecular complexity index is 1250. The van der Waals surface area contributed by atoms with Crippen molar-refractivity contribution in [1.82, 2.24) is 0 Å². The lowest BCUT2D eigenvalue weighted by Crippen LogP contribution is -2.28. The highest BCUT2D eigenvalue weighted by Gasteiger charge is 2.46. The Balaban J connectivity index is 1.03. The molecule has 1 saturated heterocycles. The SMILES string of the molecule is CC(COC(=O)c1ccc(OC(=O)C2CCC3OC3C2)cc1)OC(=O)c1ccc(OC(=O)C2CCCC(O)C2)cc1. The molecular weight excluding hydrogens is 532 g/mol. The number of fused-ring (bicyclic) bond motifs is 1. The number of hydrogen-bond donors (Lipinski definition) is 1. The van der Waals surface area contributed by atoms with Gasteiger partial charge in [0.2, 0.25) is 0 Å². The van der Waals surface area contributed by atoms with Crippen molar-refractivity contribution >= 4 is 23.9 Å². The summed E-state index contributed by atoms with van der Waals surface area (Å²) in [6.07, 6.45) is 4.15. The first-order valence-electron chi connectivity index (χ1n) is 14.1. The average Bonchev–Trinajstić information content (AvgIpc) is 3.76. The molecule has 0 spiro atoms. The van der Waals surface area contributed by atoms with Gasteiger partial charge in [-0.3, -0.25) is 9.59 Å². The molecule has 0 radical (unpaired) electrons. The lowest BCUT2D eigenvalue weighted by molar-refractivity contribution is -0.141. The summed E-state index contributed by atoms with van der Waals surface area (Å²) in [7, 11) is 0. The van der Waals surface area contributed by atoms with Gasteiger partial charge in [0.1, 0.15) is 24.2 Å². The van der Waals surface area contributed by atoms with Gasteiger partial charge >= 0.3 is 23.9 Å². The normalized spacial score (nSPS) is 25.7. The van der Waals surface area contributed by atoms with Crippen LogP contribution in [0.5, 0.6) is 11.5 Å². The van der Waals surface area contributed by atoms with Gasteiger partial charge < -0.3 is 28.8 Å². The first-order chi connectivity index (χ1) is 19.7. The van der Waals surface area contributed by atoms with Crippen molar-refractivity contribution in [2.24, 2.45) is 11.8 Å². The number of epoxide rings is 1. The van der Waals surface area contributed by atoms with Crippen molar-refractivity contribution in [2.45, 2.75) is 76.3 Å². The van der Waals surface area contributed by atoms with Crippen LogP contribution in [0, 0.1) is 11.8 Å². The van der Waals surface area contributed by atoms with Crippen molar-refractivity contribution in [3.63, 3.8) is 0 Å². The Kier molecular flexibility index (Phi) is 8.99. The van der Waals surface area contributed by atoms with E-state index < -0.39 is 30.1 Å². The van der Waals surface area contributed by atoms with Crippen molar-refractivity contribution in [3.8, 4) is 11.5 Å². The summed E-state index contributed by atoms with van der Waals surface area (Å²) >= 11 is 0. The van der Waals surface area contributed by atoms with E-state index in [1.807, 2.05) is 0 Å². The molecule has 6 atom stereocenters. The first-order valence-corrected chi connectivity index (χ1v) is 14.1. The largest absolute Gasteiger partial charge is 0.458 e. The van der Waals surface area contributed by atoms with E-state index in [1.165, 1.54) is 48.5 Å². The summed E-state index contributed by atoms with van der Waals surface area (Å²) in [5.41, 5.74) is 0.516. The second-order valence-corrected chi connectivity index (χ2v) is 10.9. The van der Waals surface area contributed by atoms with Gasteiger partial charge in [-0.25, -0.2) is 9.59 Å². The molecule has 1 N–H and O–H groups in total. The number of hydrogen-bond acceptors (Lipinski definition) is 10. The Hall–Kier alpha value is -3.76. The van der Waals surface area contributed by atoms with Crippen LogP contribution in [0.4, 0.5) is 0 Å². The Morgan fingerprint density at radius 3 is 1.95 bits per heavy atom. The second kappa shape index (κ2) is 12.8. The lowest BCUT2D eigenvalue weighted by atomic mass is 9.87. The molecule has 0 amide bonds. The van der Waals surface area contributed by atoms with E-state index in [4.69, 9.17) is 23.7 Å². The van der Waals surface area contributed by atoms with Crippen LogP contribution in [-0.2, 0) is 23.8 Å². The first kappa shape index (κ1) is 28.8. The molecule has 2 saturated carbocycles. The topological polar surface area (TPSA) is 138 Å². The Morgan fingerprint density at radius 1 is 0.780 bits per heavy atom. The van der Waals surface area contributed by atoms with E-state index in [0.717, 1.165) is 19.3 Å². The molecule has 10 heteroatoms. The molecule has 218 valence electrons. The van der Waals surface area contributed by atoms with Gasteiger partial charge in [-0.2, -0.15) is 0 Å². The molecule has 2 aromatic carbocycles. The zero-order chi connectivity index (χ0) is 28.9. The predicted molar refractivity (Wildman–Crippen MR) is 143 cm³/mol. The van der Waals surface area contributed by atoms with Gasteiger partial charge in [-0.05, 0) is 94.0 Å². The van der Waals surface area contributed by atoms with Crippen molar-refractivity contribution in [1.29, 1.82) is 0 Å². The summed E-state index contributed by atoms with van der Waals surface area (Å²) in [6, 6.07) is 12.1. The number of esters is 4. The molecule has 1 aliphatic heterocycles. The zero-order valence-electron chi connectivity index (χ0n) is 22.9. The zero-order valence-corrected chi connectivity index (χ0v) is 22.9. The average molecular weight is 567 g/mol. The molecule has 6 unspecified atom stereocenters. The molecule has 41 heavy (non-hydrogen) atoms. The van der Waals surface area contributed by atoms with Crippen LogP contribution in [0.1, 0.15) is 72.6 Å². The van der Waals surface area contributed by atoms with Crippen LogP contribution in [0.25, 0.3) is 0 Å². The molecule has 1 heterocycles. The highest BCUT2D eigenvalue weighted by Crippen LogP contribution is 2.40. The number of ether oxygens (including phenoxy) is 5. The summed E-state index contributed by atoms with van der Waals surface area (Å²) in [5, 5.41) is 9.77.